The van der Waals surface area contributed by atoms with E-state index in [9.17, 15) is 9.59 Å². The molecule has 9 heteroatoms. The van der Waals surface area contributed by atoms with Gasteiger partial charge in [-0.15, -0.1) is 10.2 Å². The third-order valence-corrected chi connectivity index (χ3v) is 4.01. The highest BCUT2D eigenvalue weighted by molar-refractivity contribution is 8.01. The highest BCUT2D eigenvalue weighted by Gasteiger charge is 2.09. The van der Waals surface area contributed by atoms with Crippen LogP contribution in [-0.2, 0) is 9.59 Å². The molecule has 0 aromatic carbocycles. The molecule has 0 bridgehead atoms. The van der Waals surface area contributed by atoms with E-state index in [1.807, 2.05) is 6.92 Å². The molecule has 7 nitrogen and oxygen atoms in total. The molecule has 0 aliphatic carbocycles. The zero-order chi connectivity index (χ0) is 14.3. The summed E-state index contributed by atoms with van der Waals surface area (Å²) in [6.07, 6.45) is 0. The Morgan fingerprint density at radius 2 is 2.11 bits per heavy atom. The van der Waals surface area contributed by atoms with Gasteiger partial charge in [-0.3, -0.25) is 9.59 Å². The molecule has 0 spiro atoms. The highest BCUT2D eigenvalue weighted by atomic mass is 32.2. The molecule has 2 amide bonds. The first-order chi connectivity index (χ1) is 9.02. The Hall–Kier alpha value is -1.35. The molecular formula is C10H17N5O2S2. The van der Waals surface area contributed by atoms with Crippen LogP contribution >= 0.6 is 23.1 Å². The molecule has 0 aliphatic heterocycles. The van der Waals surface area contributed by atoms with E-state index in [0.717, 1.165) is 16.0 Å². The molecule has 1 heterocycles. The number of thioether (sulfide) groups is 1. The number of carbonyl (C=O) groups is 2. The molecular weight excluding hydrogens is 286 g/mol. The summed E-state index contributed by atoms with van der Waals surface area (Å²) in [6.45, 7) is 2.78. The summed E-state index contributed by atoms with van der Waals surface area (Å²) in [5.41, 5.74) is 0. The van der Waals surface area contributed by atoms with Gasteiger partial charge in [-0.05, 0) is 6.92 Å². The van der Waals surface area contributed by atoms with Crippen LogP contribution in [0.4, 0.5) is 5.13 Å². The predicted molar refractivity (Wildman–Crippen MR) is 76.5 cm³/mol. The van der Waals surface area contributed by atoms with Crippen LogP contribution in [0.3, 0.4) is 0 Å². The van der Waals surface area contributed by atoms with Crippen LogP contribution in [0.5, 0.6) is 0 Å². The van der Waals surface area contributed by atoms with Crippen molar-refractivity contribution >= 4 is 40.0 Å². The van der Waals surface area contributed by atoms with Crippen molar-refractivity contribution in [2.24, 2.45) is 0 Å². The van der Waals surface area contributed by atoms with Gasteiger partial charge in [0.15, 0.2) is 4.34 Å². The van der Waals surface area contributed by atoms with Crippen LogP contribution in [-0.4, -0.2) is 59.8 Å². The number of carbonyl (C=O) groups excluding carboxylic acids is 2. The number of amides is 2. The number of nitrogens with zero attached hydrogens (tertiary/aromatic N) is 3. The lowest BCUT2D eigenvalue weighted by Crippen LogP contribution is -2.36. The molecule has 19 heavy (non-hydrogen) atoms. The molecule has 106 valence electrons. The Morgan fingerprint density at radius 3 is 2.74 bits per heavy atom. The number of hydrogen-bond donors (Lipinski definition) is 2. The highest BCUT2D eigenvalue weighted by Crippen LogP contribution is 2.24. The second-order valence-electron chi connectivity index (χ2n) is 3.76. The van der Waals surface area contributed by atoms with E-state index < -0.39 is 0 Å². The van der Waals surface area contributed by atoms with Gasteiger partial charge in [-0.1, -0.05) is 23.1 Å². The molecule has 1 aromatic rings. The zero-order valence-corrected chi connectivity index (χ0v) is 12.7. The molecule has 2 N–H and O–H groups in total. The fourth-order valence-electron chi connectivity index (χ4n) is 1.00. The number of likely N-dealkylation sites (N-methyl/N-ethyl adjacent to an activating group) is 1. The van der Waals surface area contributed by atoms with Gasteiger partial charge in [-0.2, -0.15) is 0 Å². The van der Waals surface area contributed by atoms with Crippen LogP contribution in [0, 0.1) is 0 Å². The van der Waals surface area contributed by atoms with Gasteiger partial charge in [0.1, 0.15) is 0 Å². The number of nitrogens with one attached hydrogen (secondary N) is 2. The molecule has 0 saturated carbocycles. The maximum Gasteiger partial charge on any atom is 0.241 e. The molecule has 1 rings (SSSR count). The topological polar surface area (TPSA) is 87.2 Å². The summed E-state index contributed by atoms with van der Waals surface area (Å²) < 4.78 is 0.727. The summed E-state index contributed by atoms with van der Waals surface area (Å²) in [5.74, 6) is -0.106. The van der Waals surface area contributed by atoms with Crippen molar-refractivity contribution in [3.05, 3.63) is 0 Å². The predicted octanol–water partition coefficient (Wildman–Crippen LogP) is 0.266. The summed E-state index contributed by atoms with van der Waals surface area (Å²) in [7, 11) is 3.29. The zero-order valence-electron chi connectivity index (χ0n) is 11.1. The second kappa shape index (κ2) is 7.95. The average Bonchev–Trinajstić information content (AvgIpc) is 2.81. The summed E-state index contributed by atoms with van der Waals surface area (Å²) >= 11 is 2.71. The minimum atomic E-state index is -0.194. The molecule has 0 saturated heterocycles. The minimum Gasteiger partial charge on any atom is -0.360 e. The fourth-order valence-corrected chi connectivity index (χ4v) is 2.65. The van der Waals surface area contributed by atoms with E-state index in [2.05, 4.69) is 20.8 Å². The van der Waals surface area contributed by atoms with Gasteiger partial charge in [0.05, 0.1) is 12.3 Å². The lowest BCUT2D eigenvalue weighted by atomic mass is 10.5. The SMILES string of the molecule is CCNc1nnc(SCC(=O)NCC(=O)N(C)C)s1. The monoisotopic (exact) mass is 303 g/mol. The van der Waals surface area contributed by atoms with Gasteiger partial charge in [0.25, 0.3) is 0 Å². The third-order valence-electron chi connectivity index (χ3n) is 2.00. The molecule has 0 atom stereocenters. The van der Waals surface area contributed by atoms with Crippen LogP contribution < -0.4 is 10.6 Å². The Bertz CT molecular complexity index is 435. The smallest absolute Gasteiger partial charge is 0.241 e. The molecule has 0 fully saturated rings. The van der Waals surface area contributed by atoms with Crippen LogP contribution in [0.2, 0.25) is 0 Å². The number of rotatable bonds is 7. The van der Waals surface area contributed by atoms with Gasteiger partial charge in [0.2, 0.25) is 16.9 Å². The first-order valence-corrected chi connectivity index (χ1v) is 7.50. The number of anilines is 1. The van der Waals surface area contributed by atoms with Crippen molar-refractivity contribution in [2.45, 2.75) is 11.3 Å². The van der Waals surface area contributed by atoms with Crippen molar-refractivity contribution in [3.63, 3.8) is 0 Å². The normalized spacial score (nSPS) is 10.1. The first kappa shape index (κ1) is 15.7. The van der Waals surface area contributed by atoms with Crippen molar-refractivity contribution in [3.8, 4) is 0 Å². The summed E-state index contributed by atoms with van der Waals surface area (Å²) in [5, 5.41) is 14.2. The largest absolute Gasteiger partial charge is 0.360 e. The van der Waals surface area contributed by atoms with E-state index in [4.69, 9.17) is 0 Å². The quantitative estimate of drug-likeness (QED) is 0.703. The van der Waals surface area contributed by atoms with Gasteiger partial charge in [0, 0.05) is 20.6 Å². The Labute approximate surface area is 120 Å². The van der Waals surface area contributed by atoms with Crippen molar-refractivity contribution in [1.82, 2.24) is 20.4 Å². The minimum absolute atomic E-state index is 0.0190. The van der Waals surface area contributed by atoms with Gasteiger partial charge >= 0.3 is 0 Å². The van der Waals surface area contributed by atoms with E-state index in [1.54, 1.807) is 14.1 Å². The van der Waals surface area contributed by atoms with Crippen LogP contribution in [0.15, 0.2) is 4.34 Å². The first-order valence-electron chi connectivity index (χ1n) is 5.70. The maximum atomic E-state index is 11.5. The lowest BCUT2D eigenvalue weighted by molar-refractivity contribution is -0.130. The lowest BCUT2D eigenvalue weighted by Gasteiger charge is -2.10. The maximum absolute atomic E-state index is 11.5. The van der Waals surface area contributed by atoms with E-state index >= 15 is 0 Å². The third kappa shape index (κ3) is 5.88. The number of hydrogen-bond acceptors (Lipinski definition) is 7. The van der Waals surface area contributed by atoms with E-state index in [0.29, 0.717) is 0 Å². The van der Waals surface area contributed by atoms with Crippen molar-refractivity contribution in [2.75, 3.05) is 38.3 Å². The van der Waals surface area contributed by atoms with Crippen molar-refractivity contribution < 1.29 is 9.59 Å². The van der Waals surface area contributed by atoms with E-state index in [-0.39, 0.29) is 24.1 Å². The Kier molecular flexibility index (Phi) is 6.57. The molecule has 0 aliphatic rings. The van der Waals surface area contributed by atoms with Crippen LogP contribution in [0.25, 0.3) is 0 Å². The fraction of sp³-hybridized carbons (Fsp3) is 0.600. The molecule has 1 aromatic heterocycles. The Balaban J connectivity index is 2.27. The average molecular weight is 303 g/mol. The molecule has 0 unspecified atom stereocenters. The summed E-state index contributed by atoms with van der Waals surface area (Å²) in [4.78, 5) is 24.2. The summed E-state index contributed by atoms with van der Waals surface area (Å²) in [6, 6.07) is 0. The Morgan fingerprint density at radius 1 is 1.37 bits per heavy atom. The van der Waals surface area contributed by atoms with Gasteiger partial charge in [-0.25, -0.2) is 0 Å². The van der Waals surface area contributed by atoms with Crippen molar-refractivity contribution in [1.29, 1.82) is 0 Å². The number of aromatic nitrogens is 2. The molecule has 0 radical (unpaired) electrons. The van der Waals surface area contributed by atoms with E-state index in [1.165, 1.54) is 28.0 Å². The van der Waals surface area contributed by atoms with Gasteiger partial charge < -0.3 is 15.5 Å². The second-order valence-corrected chi connectivity index (χ2v) is 5.96. The standard InChI is InChI=1S/C10H17N5O2S2/c1-4-11-9-13-14-10(19-9)18-6-7(16)12-5-8(17)15(2)3/h4-6H2,1-3H3,(H,11,13)(H,12,16). The van der Waals surface area contributed by atoms with Crippen LogP contribution in [0.1, 0.15) is 6.92 Å².